The molecule has 4 aliphatic rings. The van der Waals surface area contributed by atoms with Crippen LogP contribution in [-0.4, -0.2) is 279 Å². The van der Waals surface area contributed by atoms with Crippen molar-refractivity contribution in [3.8, 4) is 0 Å². The van der Waals surface area contributed by atoms with Crippen LogP contribution in [0, 0.1) is 0 Å². The minimum absolute atomic E-state index is 0.919. The fraction of sp³-hybridized carbons (Fsp3) is 1.00. The second kappa shape index (κ2) is 21.0. The number of aliphatic hydroxyl groups excluding tert-OH is 18. The summed E-state index contributed by atoms with van der Waals surface area (Å²) in [4.78, 5) is 0. The van der Waals surface area contributed by atoms with Crippen LogP contribution in [0.25, 0.3) is 0 Å². The molecule has 26 heteroatoms. The first kappa shape index (κ1) is 47.6. The molecule has 0 saturated carbocycles. The molecular weight excluding hydrogens is 776 g/mol. The van der Waals surface area contributed by atoms with Crippen molar-refractivity contribution in [2.24, 2.45) is 0 Å². The molecule has 24 atom stereocenters. The van der Waals surface area contributed by atoms with E-state index in [2.05, 4.69) is 0 Å². The van der Waals surface area contributed by atoms with Gasteiger partial charge in [-0.15, -0.1) is 0 Å². The van der Waals surface area contributed by atoms with Crippen molar-refractivity contribution in [1.82, 2.24) is 0 Å². The van der Waals surface area contributed by atoms with Crippen molar-refractivity contribution in [3.05, 3.63) is 0 Å². The molecule has 4 rings (SSSR count). The lowest BCUT2D eigenvalue weighted by atomic mass is 9.95. The lowest BCUT2D eigenvalue weighted by molar-refractivity contribution is -0.408. The topological polar surface area (TPSA) is 438 Å². The van der Waals surface area contributed by atoms with Gasteiger partial charge in [-0.25, -0.2) is 0 Å². The summed E-state index contributed by atoms with van der Waals surface area (Å²) in [6.07, 6.45) is -47.7. The number of hydrogen-bond acceptors (Lipinski definition) is 26. The van der Waals surface area contributed by atoms with E-state index in [-0.39, 0.29) is 0 Å². The van der Waals surface area contributed by atoms with Crippen molar-refractivity contribution in [2.45, 2.75) is 147 Å². The number of hydrogen-bond donors (Lipinski definition) is 18. The van der Waals surface area contributed by atoms with Crippen LogP contribution in [-0.2, 0) is 37.9 Å². The molecule has 0 unspecified atom stereocenters. The molecule has 18 N–H and O–H groups in total. The molecule has 330 valence electrons. The Hall–Kier alpha value is -1.04. The summed E-state index contributed by atoms with van der Waals surface area (Å²) in [7, 11) is 0. The van der Waals surface area contributed by atoms with Gasteiger partial charge in [0.05, 0.1) is 39.6 Å². The average Bonchev–Trinajstić information content (AvgIpc) is 3.20. The van der Waals surface area contributed by atoms with Crippen molar-refractivity contribution in [2.75, 3.05) is 39.6 Å². The Balaban J connectivity index is 1.73. The van der Waals surface area contributed by atoms with Gasteiger partial charge >= 0.3 is 0 Å². The SMILES string of the molecule is OC[C@H](O)[C@H](O)[C@@H](O[C@@H]1O[C@H](CO)[C@@H](O)[C@H](O[C@@H]2O[C@H](CO)[C@@H](O)[C@H](O[C@@H]3O[C@H](CO)[C@@H](O)[C@H](O)[C@H]3O)[C@@H]2O[C@H]2O[C@H](CO)[C@@H](O)[C@H](O)[C@@H]2O)[C@@H]1O)[C@@H](O)CO. The van der Waals surface area contributed by atoms with Crippen LogP contribution in [0.3, 0.4) is 0 Å². The van der Waals surface area contributed by atoms with Crippen LogP contribution in [0.1, 0.15) is 0 Å². The molecule has 0 aromatic carbocycles. The highest BCUT2D eigenvalue weighted by molar-refractivity contribution is 4.99. The van der Waals surface area contributed by atoms with Gasteiger partial charge in [0.25, 0.3) is 0 Å². The highest BCUT2D eigenvalue weighted by Crippen LogP contribution is 2.36. The van der Waals surface area contributed by atoms with Gasteiger partial charge in [0, 0.05) is 0 Å². The second-order valence-electron chi connectivity index (χ2n) is 13.7. The highest BCUT2D eigenvalue weighted by Gasteiger charge is 2.57. The van der Waals surface area contributed by atoms with Crippen LogP contribution in [0.5, 0.6) is 0 Å². The molecule has 0 bridgehead atoms. The fourth-order valence-electron chi connectivity index (χ4n) is 6.59. The van der Waals surface area contributed by atoms with Crippen LogP contribution in [0.15, 0.2) is 0 Å². The third-order valence-electron chi connectivity index (χ3n) is 9.97. The Bertz CT molecular complexity index is 1160. The quantitative estimate of drug-likeness (QED) is 0.0647. The molecule has 4 fully saturated rings. The Morgan fingerprint density at radius 2 is 0.750 bits per heavy atom. The van der Waals surface area contributed by atoms with Gasteiger partial charge in [0.2, 0.25) is 0 Å². The normalized spacial score (nSPS) is 47.2. The summed E-state index contributed by atoms with van der Waals surface area (Å²) in [5.41, 5.74) is 0. The Labute approximate surface area is 317 Å². The summed E-state index contributed by atoms with van der Waals surface area (Å²) in [6.45, 7) is -6.08. The Morgan fingerprint density at radius 1 is 0.375 bits per heavy atom. The zero-order valence-electron chi connectivity index (χ0n) is 29.4. The maximum atomic E-state index is 11.4. The van der Waals surface area contributed by atoms with E-state index >= 15 is 0 Å². The van der Waals surface area contributed by atoms with Crippen LogP contribution in [0.4, 0.5) is 0 Å². The molecule has 0 radical (unpaired) electrons. The Morgan fingerprint density at radius 3 is 1.20 bits per heavy atom. The first-order valence-electron chi connectivity index (χ1n) is 17.5. The lowest BCUT2D eigenvalue weighted by Gasteiger charge is -2.50. The minimum atomic E-state index is -2.25. The fourth-order valence-corrected chi connectivity index (χ4v) is 6.59. The van der Waals surface area contributed by atoms with E-state index in [4.69, 9.17) is 37.9 Å². The van der Waals surface area contributed by atoms with Gasteiger partial charge in [-0.05, 0) is 0 Å². The lowest BCUT2D eigenvalue weighted by Crippen LogP contribution is -2.69. The maximum Gasteiger partial charge on any atom is 0.187 e. The summed E-state index contributed by atoms with van der Waals surface area (Å²) >= 11 is 0. The third kappa shape index (κ3) is 10.1. The van der Waals surface area contributed by atoms with Crippen molar-refractivity contribution in [3.63, 3.8) is 0 Å². The van der Waals surface area contributed by atoms with Gasteiger partial charge in [0.15, 0.2) is 25.2 Å². The van der Waals surface area contributed by atoms with Gasteiger partial charge in [-0.3, -0.25) is 0 Å². The first-order chi connectivity index (χ1) is 26.5. The molecule has 0 spiro atoms. The summed E-state index contributed by atoms with van der Waals surface area (Å²) in [5.74, 6) is 0. The molecule has 0 aliphatic carbocycles. The summed E-state index contributed by atoms with van der Waals surface area (Å²) in [5, 5.41) is 186. The monoisotopic (exact) mass is 830 g/mol. The molecule has 0 amide bonds. The molecule has 4 saturated heterocycles. The first-order valence-corrected chi connectivity index (χ1v) is 17.5. The van der Waals surface area contributed by atoms with E-state index in [0.29, 0.717) is 0 Å². The van der Waals surface area contributed by atoms with E-state index in [0.717, 1.165) is 0 Å². The predicted molar refractivity (Wildman–Crippen MR) is 169 cm³/mol. The molecule has 26 nitrogen and oxygen atoms in total. The predicted octanol–water partition coefficient (Wildman–Crippen LogP) is -12.3. The largest absolute Gasteiger partial charge is 0.394 e. The van der Waals surface area contributed by atoms with Gasteiger partial charge in [0.1, 0.15) is 122 Å². The van der Waals surface area contributed by atoms with Crippen molar-refractivity contribution >= 4 is 0 Å². The van der Waals surface area contributed by atoms with Crippen molar-refractivity contribution in [1.29, 1.82) is 0 Å². The molecule has 4 aliphatic heterocycles. The van der Waals surface area contributed by atoms with Gasteiger partial charge in [-0.1, -0.05) is 0 Å². The molecule has 56 heavy (non-hydrogen) atoms. The number of ether oxygens (including phenoxy) is 8. The molecule has 0 aromatic heterocycles. The van der Waals surface area contributed by atoms with E-state index in [1.807, 2.05) is 0 Å². The van der Waals surface area contributed by atoms with Crippen molar-refractivity contribution < 1.29 is 130 Å². The number of rotatable bonds is 17. The minimum Gasteiger partial charge on any atom is -0.394 e. The number of aliphatic hydroxyl groups is 18. The zero-order valence-corrected chi connectivity index (χ0v) is 29.4. The zero-order chi connectivity index (χ0) is 41.8. The van der Waals surface area contributed by atoms with Gasteiger partial charge in [-0.2, -0.15) is 0 Å². The standard InChI is InChI=1S/C30H54O26/c31-1-7(37)13(39)23(8(38)2-32)53-29-22(48)24(16(42)11(5-35)51-29)54-30-26(56-28-21(47)19(45)15(41)10(4-34)50-28)25(17(43)12(6-36)52-30)55-27-20(46)18(44)14(40)9(3-33)49-27/h7-48H,1-6H2/t7-,8-,9+,10+,11+,12+,13-,14+,15+,16+,17+,18-,19-,20+,21-,22-,23-,24-,25-,26-,27-,28+,29-,30-/m0/s1. The Kier molecular flexibility index (Phi) is 17.8. The third-order valence-corrected chi connectivity index (χ3v) is 9.97. The summed E-state index contributed by atoms with van der Waals surface area (Å²) in [6, 6.07) is 0. The maximum absolute atomic E-state index is 11.4. The van der Waals surface area contributed by atoms with E-state index in [1.165, 1.54) is 0 Å². The molecule has 0 aromatic rings. The van der Waals surface area contributed by atoms with E-state index in [9.17, 15) is 91.9 Å². The molecular formula is C30H54O26. The van der Waals surface area contributed by atoms with E-state index < -0.39 is 187 Å². The van der Waals surface area contributed by atoms with Crippen LogP contribution < -0.4 is 0 Å². The van der Waals surface area contributed by atoms with Gasteiger partial charge < -0.3 is 130 Å². The highest BCUT2D eigenvalue weighted by atomic mass is 16.8. The molecule has 4 heterocycles. The summed E-state index contributed by atoms with van der Waals surface area (Å²) < 4.78 is 44.9. The van der Waals surface area contributed by atoms with Crippen LogP contribution in [0.2, 0.25) is 0 Å². The van der Waals surface area contributed by atoms with E-state index in [1.54, 1.807) is 0 Å². The second-order valence-corrected chi connectivity index (χ2v) is 13.7. The average molecular weight is 831 g/mol. The smallest absolute Gasteiger partial charge is 0.187 e. The van der Waals surface area contributed by atoms with Crippen LogP contribution >= 0.6 is 0 Å².